The number of anilines is 1. The van der Waals surface area contributed by atoms with Crippen LogP contribution >= 0.6 is 11.6 Å². The van der Waals surface area contributed by atoms with E-state index in [9.17, 15) is 14.7 Å². The summed E-state index contributed by atoms with van der Waals surface area (Å²) < 4.78 is 0. The first kappa shape index (κ1) is 15.8. The van der Waals surface area contributed by atoms with Gasteiger partial charge in [-0.2, -0.15) is 0 Å². The molecule has 1 aromatic rings. The number of carbonyl (C=O) groups excluding carboxylic acids is 2. The van der Waals surface area contributed by atoms with Crippen LogP contribution in [-0.2, 0) is 4.79 Å². The molecule has 0 saturated carbocycles. The average molecular weight is 311 g/mol. The Morgan fingerprint density at radius 2 is 2.19 bits per heavy atom. The van der Waals surface area contributed by atoms with Crippen molar-refractivity contribution in [3.8, 4) is 0 Å². The molecule has 5 nitrogen and oxygen atoms in total. The van der Waals surface area contributed by atoms with Gasteiger partial charge >= 0.3 is 0 Å². The summed E-state index contributed by atoms with van der Waals surface area (Å²) in [5.74, 6) is -0.271. The Kier molecular flexibility index (Phi) is 4.85. The predicted molar refractivity (Wildman–Crippen MR) is 81.4 cm³/mol. The van der Waals surface area contributed by atoms with Crippen LogP contribution in [-0.4, -0.2) is 41.0 Å². The Bertz CT molecular complexity index is 560. The van der Waals surface area contributed by atoms with E-state index in [-0.39, 0.29) is 17.7 Å². The van der Waals surface area contributed by atoms with Crippen LogP contribution in [0.3, 0.4) is 0 Å². The van der Waals surface area contributed by atoms with Gasteiger partial charge in [-0.15, -0.1) is 0 Å². The molecule has 2 atom stereocenters. The van der Waals surface area contributed by atoms with E-state index in [1.165, 1.54) is 6.92 Å². The molecule has 2 unspecified atom stereocenters. The quantitative estimate of drug-likeness (QED) is 0.898. The van der Waals surface area contributed by atoms with E-state index >= 15 is 0 Å². The van der Waals surface area contributed by atoms with Gasteiger partial charge in [0.05, 0.1) is 16.7 Å². The van der Waals surface area contributed by atoms with Gasteiger partial charge in [0.15, 0.2) is 0 Å². The number of benzene rings is 1. The van der Waals surface area contributed by atoms with Crippen molar-refractivity contribution in [1.82, 2.24) is 4.90 Å². The number of nitrogens with one attached hydrogen (secondary N) is 1. The molecule has 1 aliphatic rings. The van der Waals surface area contributed by atoms with Gasteiger partial charge in [0, 0.05) is 31.6 Å². The Hall–Kier alpha value is -1.59. The van der Waals surface area contributed by atoms with Crippen LogP contribution < -0.4 is 5.32 Å². The third-order valence-electron chi connectivity index (χ3n) is 3.71. The summed E-state index contributed by atoms with van der Waals surface area (Å²) in [6, 6.07) is 4.84. The third-order valence-corrected chi connectivity index (χ3v) is 4.04. The first-order chi connectivity index (χ1) is 9.88. The molecule has 0 spiro atoms. The minimum atomic E-state index is -0.427. The lowest BCUT2D eigenvalue weighted by molar-refractivity contribution is -0.114. The molecule has 2 N–H and O–H groups in total. The van der Waals surface area contributed by atoms with Crippen molar-refractivity contribution in [2.45, 2.75) is 26.4 Å². The van der Waals surface area contributed by atoms with Gasteiger partial charge < -0.3 is 15.3 Å². The fraction of sp³-hybridized carbons (Fsp3) is 0.467. The van der Waals surface area contributed by atoms with Crippen molar-refractivity contribution in [2.75, 3.05) is 18.4 Å². The zero-order chi connectivity index (χ0) is 15.6. The Morgan fingerprint density at radius 3 is 2.76 bits per heavy atom. The third kappa shape index (κ3) is 3.74. The fourth-order valence-electron chi connectivity index (χ4n) is 2.51. The van der Waals surface area contributed by atoms with Crippen LogP contribution in [0.2, 0.25) is 5.02 Å². The lowest BCUT2D eigenvalue weighted by atomic mass is 10.0. The smallest absolute Gasteiger partial charge is 0.255 e. The van der Waals surface area contributed by atoms with Crippen LogP contribution in [0.25, 0.3) is 0 Å². The van der Waals surface area contributed by atoms with E-state index in [0.717, 1.165) is 6.42 Å². The number of aliphatic hydroxyl groups excluding tert-OH is 1. The minimum absolute atomic E-state index is 0.103. The number of hydrogen-bond acceptors (Lipinski definition) is 3. The van der Waals surface area contributed by atoms with Gasteiger partial charge in [-0.25, -0.2) is 0 Å². The number of amides is 2. The minimum Gasteiger partial charge on any atom is -0.393 e. The Morgan fingerprint density at radius 1 is 1.48 bits per heavy atom. The molecule has 2 amide bonds. The molecule has 1 heterocycles. The van der Waals surface area contributed by atoms with Crippen molar-refractivity contribution < 1.29 is 14.7 Å². The molecule has 1 aliphatic heterocycles. The summed E-state index contributed by atoms with van der Waals surface area (Å²) in [6.07, 6.45) is 0.357. The van der Waals surface area contributed by atoms with E-state index in [1.807, 2.05) is 0 Å². The van der Waals surface area contributed by atoms with Gasteiger partial charge in [-0.05, 0) is 31.5 Å². The van der Waals surface area contributed by atoms with Crippen molar-refractivity contribution >= 4 is 29.1 Å². The van der Waals surface area contributed by atoms with Crippen LogP contribution in [0.4, 0.5) is 5.69 Å². The van der Waals surface area contributed by atoms with Gasteiger partial charge in [0.2, 0.25) is 5.91 Å². The molecule has 0 aromatic heterocycles. The fourth-order valence-corrected chi connectivity index (χ4v) is 2.70. The largest absolute Gasteiger partial charge is 0.393 e. The number of hydrogen-bond donors (Lipinski definition) is 2. The van der Waals surface area contributed by atoms with Gasteiger partial charge in [0.25, 0.3) is 5.91 Å². The maximum Gasteiger partial charge on any atom is 0.255 e. The number of halogens is 1. The molecule has 0 radical (unpaired) electrons. The highest BCUT2D eigenvalue weighted by Gasteiger charge is 2.30. The molecule has 1 aromatic carbocycles. The molecule has 21 heavy (non-hydrogen) atoms. The Balaban J connectivity index is 2.17. The topological polar surface area (TPSA) is 69.6 Å². The lowest BCUT2D eigenvalue weighted by Crippen LogP contribution is -2.30. The summed E-state index contributed by atoms with van der Waals surface area (Å²) in [6.45, 7) is 4.28. The first-order valence-corrected chi connectivity index (χ1v) is 7.30. The van der Waals surface area contributed by atoms with Crippen molar-refractivity contribution in [1.29, 1.82) is 0 Å². The van der Waals surface area contributed by atoms with Crippen molar-refractivity contribution in [3.63, 3.8) is 0 Å². The summed E-state index contributed by atoms with van der Waals surface area (Å²) >= 11 is 6.10. The van der Waals surface area contributed by atoms with Crippen LogP contribution in [0.5, 0.6) is 0 Å². The maximum atomic E-state index is 12.5. The van der Waals surface area contributed by atoms with E-state index in [0.29, 0.717) is 29.4 Å². The number of likely N-dealkylation sites (tertiary alicyclic amines) is 1. The van der Waals surface area contributed by atoms with E-state index in [2.05, 4.69) is 5.32 Å². The van der Waals surface area contributed by atoms with Gasteiger partial charge in [-0.1, -0.05) is 11.6 Å². The van der Waals surface area contributed by atoms with E-state index in [4.69, 9.17) is 11.6 Å². The zero-order valence-electron chi connectivity index (χ0n) is 12.1. The number of aliphatic hydroxyl groups is 1. The molecule has 1 saturated heterocycles. The second-order valence-corrected chi connectivity index (χ2v) is 5.82. The standard InChI is InChI=1S/C15H19ClN2O3/c1-9(19)11-5-6-18(8-11)15(21)13-7-12(17-10(2)20)3-4-14(13)16/h3-4,7,9,11,19H,5-6,8H2,1-2H3,(H,17,20). The van der Waals surface area contributed by atoms with Crippen molar-refractivity contribution in [3.05, 3.63) is 28.8 Å². The number of carbonyl (C=O) groups is 2. The van der Waals surface area contributed by atoms with Crippen LogP contribution in [0.1, 0.15) is 30.6 Å². The molecule has 0 bridgehead atoms. The van der Waals surface area contributed by atoms with Crippen molar-refractivity contribution in [2.24, 2.45) is 5.92 Å². The SMILES string of the molecule is CC(=O)Nc1ccc(Cl)c(C(=O)N2CCC(C(C)O)C2)c1. The molecule has 0 aliphatic carbocycles. The first-order valence-electron chi connectivity index (χ1n) is 6.93. The molecule has 2 rings (SSSR count). The molecular weight excluding hydrogens is 292 g/mol. The highest BCUT2D eigenvalue weighted by molar-refractivity contribution is 6.34. The van der Waals surface area contributed by atoms with E-state index in [1.54, 1.807) is 30.0 Å². The number of rotatable bonds is 3. The van der Waals surface area contributed by atoms with Gasteiger partial charge in [0.1, 0.15) is 0 Å². The average Bonchev–Trinajstić information content (AvgIpc) is 2.89. The molecule has 6 heteroatoms. The summed E-state index contributed by atoms with van der Waals surface area (Å²) in [5, 5.41) is 12.6. The molecule has 114 valence electrons. The van der Waals surface area contributed by atoms with Crippen LogP contribution in [0, 0.1) is 5.92 Å². The molecular formula is C15H19ClN2O3. The lowest BCUT2D eigenvalue weighted by Gasteiger charge is -2.19. The highest BCUT2D eigenvalue weighted by atomic mass is 35.5. The molecule has 1 fully saturated rings. The second-order valence-electron chi connectivity index (χ2n) is 5.42. The summed E-state index contributed by atoms with van der Waals surface area (Å²) in [4.78, 5) is 25.3. The number of nitrogens with zero attached hydrogens (tertiary/aromatic N) is 1. The Labute approximate surface area is 128 Å². The predicted octanol–water partition coefficient (Wildman–Crippen LogP) is 2.14. The monoisotopic (exact) mass is 310 g/mol. The zero-order valence-corrected chi connectivity index (χ0v) is 12.9. The van der Waals surface area contributed by atoms with Gasteiger partial charge in [-0.3, -0.25) is 9.59 Å². The highest BCUT2D eigenvalue weighted by Crippen LogP contribution is 2.26. The van der Waals surface area contributed by atoms with E-state index < -0.39 is 6.10 Å². The maximum absolute atomic E-state index is 12.5. The summed E-state index contributed by atoms with van der Waals surface area (Å²) in [7, 11) is 0. The second kappa shape index (κ2) is 6.45. The van der Waals surface area contributed by atoms with Crippen LogP contribution in [0.15, 0.2) is 18.2 Å². The normalized spacial score (nSPS) is 19.4. The summed E-state index contributed by atoms with van der Waals surface area (Å²) in [5.41, 5.74) is 0.913.